The van der Waals surface area contributed by atoms with Crippen molar-refractivity contribution in [2.24, 2.45) is 0 Å². The highest BCUT2D eigenvalue weighted by Gasteiger charge is 2.15. The van der Waals surface area contributed by atoms with Gasteiger partial charge in [0.2, 0.25) is 10.0 Å². The first-order valence-electron chi connectivity index (χ1n) is 7.70. The minimum Gasteiger partial charge on any atom is -0.358 e. The molecule has 2 N–H and O–H groups in total. The second kappa shape index (κ2) is 6.59. The molecule has 1 heterocycles. The summed E-state index contributed by atoms with van der Waals surface area (Å²) in [6.07, 6.45) is 0.594. The molecule has 4 nitrogen and oxygen atoms in total. The molecule has 0 unspecified atom stereocenters. The quantitative estimate of drug-likeness (QED) is 0.721. The van der Waals surface area contributed by atoms with Gasteiger partial charge >= 0.3 is 0 Å². The Kier molecular flexibility index (Phi) is 4.67. The van der Waals surface area contributed by atoms with E-state index < -0.39 is 10.0 Å². The maximum absolute atomic E-state index is 12.4. The number of aryl methyl sites for hydroxylation is 2. The number of aromatic amines is 1. The summed E-state index contributed by atoms with van der Waals surface area (Å²) in [6.45, 7) is 4.19. The monoisotopic (exact) mass is 362 g/mol. The molecule has 2 aromatic carbocycles. The van der Waals surface area contributed by atoms with E-state index in [1.165, 1.54) is 0 Å². The van der Waals surface area contributed by atoms with Gasteiger partial charge in [-0.15, -0.1) is 0 Å². The molecule has 0 aliphatic heterocycles. The lowest BCUT2D eigenvalue weighted by Crippen LogP contribution is -2.26. The lowest BCUT2D eigenvalue weighted by atomic mass is 10.1. The normalized spacial score (nSPS) is 12.0. The van der Waals surface area contributed by atoms with Crippen LogP contribution in [0.25, 0.3) is 10.9 Å². The fourth-order valence-corrected chi connectivity index (χ4v) is 4.16. The van der Waals surface area contributed by atoms with Crippen LogP contribution in [-0.4, -0.2) is 19.9 Å². The Morgan fingerprint density at radius 2 is 1.92 bits per heavy atom. The average Bonchev–Trinajstić information content (AvgIpc) is 2.83. The number of aromatic nitrogens is 1. The average molecular weight is 363 g/mol. The molecule has 0 bridgehead atoms. The van der Waals surface area contributed by atoms with Gasteiger partial charge in [-0.25, -0.2) is 13.1 Å². The molecule has 0 aliphatic carbocycles. The fraction of sp³-hybridized carbons (Fsp3) is 0.222. The van der Waals surface area contributed by atoms with Gasteiger partial charge in [-0.1, -0.05) is 23.7 Å². The third-order valence-corrected chi connectivity index (χ3v) is 5.74. The smallest absolute Gasteiger partial charge is 0.240 e. The van der Waals surface area contributed by atoms with Crippen LogP contribution in [0, 0.1) is 13.8 Å². The van der Waals surface area contributed by atoms with Crippen molar-refractivity contribution in [2.75, 3.05) is 6.54 Å². The van der Waals surface area contributed by atoms with E-state index in [9.17, 15) is 8.42 Å². The predicted molar refractivity (Wildman–Crippen MR) is 98.1 cm³/mol. The van der Waals surface area contributed by atoms with Crippen LogP contribution in [0.2, 0.25) is 5.02 Å². The van der Waals surface area contributed by atoms with Crippen molar-refractivity contribution in [3.8, 4) is 0 Å². The Morgan fingerprint density at radius 3 is 2.67 bits per heavy atom. The standard InChI is InChI=1S/C18H19ClN2O2S/c1-12-4-3-5-15(10-12)24(22,23)20-9-8-16-13(2)21-18-7-6-14(19)11-17(16)18/h3-7,10-11,20-21H,8-9H2,1-2H3. The zero-order chi connectivity index (χ0) is 17.3. The van der Waals surface area contributed by atoms with Crippen molar-refractivity contribution < 1.29 is 8.42 Å². The van der Waals surface area contributed by atoms with Crippen LogP contribution in [0.15, 0.2) is 47.4 Å². The summed E-state index contributed by atoms with van der Waals surface area (Å²) in [7, 11) is -3.50. The van der Waals surface area contributed by atoms with E-state index in [1.54, 1.807) is 18.2 Å². The molecule has 3 rings (SSSR count). The molecule has 0 radical (unpaired) electrons. The maximum atomic E-state index is 12.4. The van der Waals surface area contributed by atoms with Crippen molar-refractivity contribution in [3.63, 3.8) is 0 Å². The molecule has 0 amide bonds. The van der Waals surface area contributed by atoms with Gasteiger partial charge in [-0.05, 0) is 61.7 Å². The first-order valence-corrected chi connectivity index (χ1v) is 9.56. The predicted octanol–water partition coefficient (Wildman–Crippen LogP) is 3.96. The zero-order valence-electron chi connectivity index (χ0n) is 13.6. The lowest BCUT2D eigenvalue weighted by molar-refractivity contribution is 0.581. The molecule has 0 saturated carbocycles. The van der Waals surface area contributed by atoms with Crippen molar-refractivity contribution in [1.82, 2.24) is 9.71 Å². The van der Waals surface area contributed by atoms with E-state index in [0.717, 1.165) is 27.7 Å². The van der Waals surface area contributed by atoms with Crippen molar-refractivity contribution in [1.29, 1.82) is 0 Å². The maximum Gasteiger partial charge on any atom is 0.240 e. The number of nitrogens with one attached hydrogen (secondary N) is 2. The highest BCUT2D eigenvalue weighted by atomic mass is 35.5. The van der Waals surface area contributed by atoms with Crippen LogP contribution in [0.1, 0.15) is 16.8 Å². The van der Waals surface area contributed by atoms with Crippen molar-refractivity contribution in [2.45, 2.75) is 25.2 Å². The Balaban J connectivity index is 1.77. The fourth-order valence-electron chi connectivity index (χ4n) is 2.85. The summed E-state index contributed by atoms with van der Waals surface area (Å²) in [5.41, 5.74) is 4.04. The van der Waals surface area contributed by atoms with Crippen LogP contribution >= 0.6 is 11.6 Å². The van der Waals surface area contributed by atoms with Gasteiger partial charge < -0.3 is 4.98 Å². The zero-order valence-corrected chi connectivity index (χ0v) is 15.1. The number of rotatable bonds is 5. The van der Waals surface area contributed by atoms with Gasteiger partial charge in [0.1, 0.15) is 0 Å². The number of hydrogen-bond donors (Lipinski definition) is 2. The summed E-state index contributed by atoms with van der Waals surface area (Å²) in [5, 5.41) is 1.71. The van der Waals surface area contributed by atoms with Gasteiger partial charge in [0.05, 0.1) is 4.90 Å². The van der Waals surface area contributed by atoms with Gasteiger partial charge in [0.15, 0.2) is 0 Å². The summed E-state index contributed by atoms with van der Waals surface area (Å²) >= 11 is 6.08. The van der Waals surface area contributed by atoms with Crippen LogP contribution in [0.3, 0.4) is 0 Å². The summed E-state index contributed by atoms with van der Waals surface area (Å²) in [4.78, 5) is 3.60. The van der Waals surface area contributed by atoms with Crippen LogP contribution in [0.5, 0.6) is 0 Å². The number of halogens is 1. The first kappa shape index (κ1) is 17.0. The molecule has 1 aromatic heterocycles. The van der Waals surface area contributed by atoms with E-state index in [2.05, 4.69) is 9.71 Å². The van der Waals surface area contributed by atoms with Crippen molar-refractivity contribution >= 4 is 32.5 Å². The third kappa shape index (κ3) is 3.48. The molecule has 24 heavy (non-hydrogen) atoms. The second-order valence-electron chi connectivity index (χ2n) is 5.88. The summed E-state index contributed by atoms with van der Waals surface area (Å²) < 4.78 is 27.4. The van der Waals surface area contributed by atoms with Gasteiger partial charge in [-0.2, -0.15) is 0 Å². The van der Waals surface area contributed by atoms with Crippen LogP contribution in [-0.2, 0) is 16.4 Å². The molecular formula is C18H19ClN2O2S. The molecule has 0 aliphatic rings. The van der Waals surface area contributed by atoms with Crippen LogP contribution in [0.4, 0.5) is 0 Å². The molecule has 6 heteroatoms. The number of hydrogen-bond acceptors (Lipinski definition) is 2. The molecule has 0 saturated heterocycles. The Hall–Kier alpha value is -1.82. The van der Waals surface area contributed by atoms with Crippen molar-refractivity contribution in [3.05, 3.63) is 64.3 Å². The molecule has 0 atom stereocenters. The Bertz CT molecular complexity index is 993. The highest BCUT2D eigenvalue weighted by Crippen LogP contribution is 2.25. The third-order valence-electron chi connectivity index (χ3n) is 4.05. The van der Waals surface area contributed by atoms with E-state index >= 15 is 0 Å². The molecular weight excluding hydrogens is 344 g/mol. The Morgan fingerprint density at radius 1 is 1.12 bits per heavy atom. The number of benzene rings is 2. The molecule has 3 aromatic rings. The highest BCUT2D eigenvalue weighted by molar-refractivity contribution is 7.89. The SMILES string of the molecule is Cc1cccc(S(=O)(=O)NCCc2c(C)[nH]c3ccc(Cl)cc23)c1. The van der Waals surface area contributed by atoms with Gasteiger partial charge in [-0.3, -0.25) is 0 Å². The van der Waals surface area contributed by atoms with Crippen LogP contribution < -0.4 is 4.72 Å². The molecule has 0 spiro atoms. The minimum absolute atomic E-state index is 0.293. The van der Waals surface area contributed by atoms with E-state index in [1.807, 2.05) is 38.1 Å². The summed E-state index contributed by atoms with van der Waals surface area (Å²) in [5.74, 6) is 0. The lowest BCUT2D eigenvalue weighted by Gasteiger charge is -2.08. The largest absolute Gasteiger partial charge is 0.358 e. The van der Waals surface area contributed by atoms with Gasteiger partial charge in [0, 0.05) is 28.2 Å². The first-order chi connectivity index (χ1) is 11.4. The Labute approximate surface area is 146 Å². The van der Waals surface area contributed by atoms with E-state index in [-0.39, 0.29) is 0 Å². The molecule has 126 valence electrons. The van der Waals surface area contributed by atoms with E-state index in [0.29, 0.717) is 22.9 Å². The number of H-pyrrole nitrogens is 1. The second-order valence-corrected chi connectivity index (χ2v) is 8.09. The topological polar surface area (TPSA) is 62.0 Å². The molecule has 0 fully saturated rings. The number of sulfonamides is 1. The summed E-state index contributed by atoms with van der Waals surface area (Å²) in [6, 6.07) is 12.6. The minimum atomic E-state index is -3.50. The van der Waals surface area contributed by atoms with E-state index in [4.69, 9.17) is 11.6 Å². The number of fused-ring (bicyclic) bond motifs is 1. The van der Waals surface area contributed by atoms with Gasteiger partial charge in [0.25, 0.3) is 0 Å².